The molecular formula is C20H21F2NO3S. The maximum Gasteiger partial charge on any atom is 0.220 e. The third-order valence-corrected chi connectivity index (χ3v) is 5.13. The van der Waals surface area contributed by atoms with Gasteiger partial charge in [-0.05, 0) is 32.0 Å². The van der Waals surface area contributed by atoms with Crippen LogP contribution < -0.4 is 5.32 Å². The highest BCUT2D eigenvalue weighted by atomic mass is 32.1. The average Bonchev–Trinajstić information content (AvgIpc) is 3.04. The molecule has 0 saturated carbocycles. The van der Waals surface area contributed by atoms with Crippen molar-refractivity contribution in [3.8, 4) is 0 Å². The van der Waals surface area contributed by atoms with Gasteiger partial charge in [0.2, 0.25) is 5.91 Å². The van der Waals surface area contributed by atoms with Crippen LogP contribution in [0.15, 0.2) is 30.3 Å². The summed E-state index contributed by atoms with van der Waals surface area (Å²) in [7, 11) is 0. The molecule has 1 aromatic carbocycles. The van der Waals surface area contributed by atoms with E-state index >= 15 is 0 Å². The fourth-order valence-electron chi connectivity index (χ4n) is 2.58. The Morgan fingerprint density at radius 1 is 1.04 bits per heavy atom. The van der Waals surface area contributed by atoms with Crippen LogP contribution in [0.4, 0.5) is 8.78 Å². The van der Waals surface area contributed by atoms with Crippen LogP contribution in [0.25, 0.3) is 0 Å². The number of Topliss-reactive ketones (excluding diaryl/α,β-unsaturated/α-hetero) is 2. The van der Waals surface area contributed by atoms with Crippen molar-refractivity contribution >= 4 is 28.8 Å². The number of halogens is 2. The fourth-order valence-corrected chi connectivity index (χ4v) is 3.42. The molecule has 0 aliphatic heterocycles. The summed E-state index contributed by atoms with van der Waals surface area (Å²) in [6.07, 6.45) is 0.183. The lowest BCUT2D eigenvalue weighted by Gasteiger charge is -2.15. The number of carbonyl (C=O) groups excluding carboxylic acids is 3. The Labute approximate surface area is 160 Å². The molecule has 1 atom stereocenters. The highest BCUT2D eigenvalue weighted by Crippen LogP contribution is 2.19. The van der Waals surface area contributed by atoms with Crippen LogP contribution in [0.3, 0.4) is 0 Å². The van der Waals surface area contributed by atoms with Crippen molar-refractivity contribution in [3.05, 3.63) is 57.3 Å². The van der Waals surface area contributed by atoms with Crippen molar-refractivity contribution in [3.63, 3.8) is 0 Å². The molecule has 7 heteroatoms. The van der Waals surface area contributed by atoms with E-state index in [1.807, 2.05) is 13.0 Å². The van der Waals surface area contributed by atoms with Gasteiger partial charge in [-0.25, -0.2) is 8.78 Å². The number of amides is 1. The van der Waals surface area contributed by atoms with Crippen LogP contribution in [0, 0.1) is 18.6 Å². The van der Waals surface area contributed by atoms with E-state index in [2.05, 4.69) is 5.32 Å². The van der Waals surface area contributed by atoms with Crippen LogP contribution in [0.5, 0.6) is 0 Å². The number of nitrogens with one attached hydrogen (secondary N) is 1. The van der Waals surface area contributed by atoms with Gasteiger partial charge in [0.25, 0.3) is 0 Å². The van der Waals surface area contributed by atoms with Gasteiger partial charge in [0.15, 0.2) is 5.78 Å². The van der Waals surface area contributed by atoms with Gasteiger partial charge in [0, 0.05) is 42.2 Å². The first-order chi connectivity index (χ1) is 12.8. The Hall–Kier alpha value is -2.41. The van der Waals surface area contributed by atoms with Gasteiger partial charge < -0.3 is 5.32 Å². The Morgan fingerprint density at radius 2 is 1.74 bits per heavy atom. The Kier molecular flexibility index (Phi) is 7.36. The van der Waals surface area contributed by atoms with E-state index in [0.717, 1.165) is 17.0 Å². The molecule has 4 nitrogen and oxygen atoms in total. The quantitative estimate of drug-likeness (QED) is 0.637. The van der Waals surface area contributed by atoms with Crippen LogP contribution >= 0.6 is 11.3 Å². The van der Waals surface area contributed by atoms with Crippen molar-refractivity contribution < 1.29 is 23.2 Å². The molecule has 1 amide bonds. The Bertz CT molecular complexity index is 848. The molecule has 144 valence electrons. The van der Waals surface area contributed by atoms with Crippen LogP contribution in [0.2, 0.25) is 0 Å². The van der Waals surface area contributed by atoms with Crippen molar-refractivity contribution in [2.75, 3.05) is 0 Å². The highest BCUT2D eigenvalue weighted by molar-refractivity contribution is 7.14. The zero-order valence-corrected chi connectivity index (χ0v) is 16.0. The SMILES string of the molecule is Cc1ccc(C(=O)CCC(=O)CCC(=O)NC(C)c2ccc(F)cc2F)s1. The van der Waals surface area contributed by atoms with E-state index in [0.29, 0.717) is 4.88 Å². The summed E-state index contributed by atoms with van der Waals surface area (Å²) in [6, 6.07) is 6.12. The van der Waals surface area contributed by atoms with E-state index in [1.54, 1.807) is 13.0 Å². The van der Waals surface area contributed by atoms with Gasteiger partial charge in [0.05, 0.1) is 10.9 Å². The summed E-state index contributed by atoms with van der Waals surface area (Å²) in [5.41, 5.74) is 0.174. The molecule has 2 aromatic rings. The molecule has 2 rings (SSSR count). The third-order valence-electron chi connectivity index (χ3n) is 4.08. The maximum absolute atomic E-state index is 13.7. The number of thiophene rings is 1. The zero-order valence-electron chi connectivity index (χ0n) is 15.2. The zero-order chi connectivity index (χ0) is 20.0. The van der Waals surface area contributed by atoms with E-state index in [1.165, 1.54) is 17.4 Å². The summed E-state index contributed by atoms with van der Waals surface area (Å²) in [5.74, 6) is -2.08. The highest BCUT2D eigenvalue weighted by Gasteiger charge is 2.16. The number of ketones is 2. The lowest BCUT2D eigenvalue weighted by molar-refractivity contribution is -0.125. The summed E-state index contributed by atoms with van der Waals surface area (Å²) in [6.45, 7) is 3.49. The fraction of sp³-hybridized carbons (Fsp3) is 0.350. The van der Waals surface area contributed by atoms with Crippen LogP contribution in [0.1, 0.15) is 58.8 Å². The smallest absolute Gasteiger partial charge is 0.220 e. The predicted octanol–water partition coefficient (Wildman–Crippen LogP) is 4.52. The molecule has 0 aliphatic rings. The molecule has 1 unspecified atom stereocenters. The van der Waals surface area contributed by atoms with E-state index in [-0.39, 0.29) is 42.8 Å². The van der Waals surface area contributed by atoms with Crippen molar-refractivity contribution in [1.82, 2.24) is 5.32 Å². The van der Waals surface area contributed by atoms with E-state index in [9.17, 15) is 23.2 Å². The number of rotatable bonds is 9. The monoisotopic (exact) mass is 393 g/mol. The van der Waals surface area contributed by atoms with Crippen LogP contribution in [-0.4, -0.2) is 17.5 Å². The molecule has 0 saturated heterocycles. The van der Waals surface area contributed by atoms with E-state index < -0.39 is 23.6 Å². The summed E-state index contributed by atoms with van der Waals surface area (Å²) >= 11 is 1.39. The second-order valence-electron chi connectivity index (χ2n) is 6.33. The second kappa shape index (κ2) is 9.50. The average molecular weight is 393 g/mol. The number of hydrogen-bond acceptors (Lipinski definition) is 4. The molecule has 0 radical (unpaired) electrons. The van der Waals surface area contributed by atoms with Gasteiger partial charge in [-0.2, -0.15) is 0 Å². The first-order valence-electron chi connectivity index (χ1n) is 8.62. The van der Waals surface area contributed by atoms with Crippen molar-refractivity contribution in [1.29, 1.82) is 0 Å². The number of carbonyl (C=O) groups is 3. The van der Waals surface area contributed by atoms with Crippen molar-refractivity contribution in [2.24, 2.45) is 0 Å². The molecule has 1 heterocycles. The minimum Gasteiger partial charge on any atom is -0.349 e. The molecule has 1 aromatic heterocycles. The largest absolute Gasteiger partial charge is 0.349 e. The number of aryl methyl sites for hydroxylation is 1. The normalized spacial score (nSPS) is 11.9. The topological polar surface area (TPSA) is 63.2 Å². The number of benzene rings is 1. The van der Waals surface area contributed by atoms with Gasteiger partial charge in [-0.1, -0.05) is 6.07 Å². The summed E-state index contributed by atoms with van der Waals surface area (Å²) < 4.78 is 26.6. The van der Waals surface area contributed by atoms with Gasteiger partial charge >= 0.3 is 0 Å². The first kappa shape index (κ1) is 20.9. The van der Waals surface area contributed by atoms with Gasteiger partial charge in [-0.15, -0.1) is 11.3 Å². The molecule has 0 bridgehead atoms. The lowest BCUT2D eigenvalue weighted by Crippen LogP contribution is -2.27. The number of hydrogen-bond donors (Lipinski definition) is 1. The second-order valence-corrected chi connectivity index (χ2v) is 7.62. The molecule has 1 N–H and O–H groups in total. The lowest BCUT2D eigenvalue weighted by atomic mass is 10.1. The molecule has 0 fully saturated rings. The summed E-state index contributed by atoms with van der Waals surface area (Å²) in [4.78, 5) is 37.5. The minimum absolute atomic E-state index is 0.0151. The molecule has 0 aliphatic carbocycles. The van der Waals surface area contributed by atoms with Gasteiger partial charge in [-0.3, -0.25) is 14.4 Å². The van der Waals surface area contributed by atoms with Gasteiger partial charge in [0.1, 0.15) is 17.4 Å². The first-order valence-corrected chi connectivity index (χ1v) is 9.43. The molecule has 27 heavy (non-hydrogen) atoms. The minimum atomic E-state index is -0.735. The summed E-state index contributed by atoms with van der Waals surface area (Å²) in [5, 5.41) is 2.59. The van der Waals surface area contributed by atoms with Crippen LogP contribution in [-0.2, 0) is 9.59 Å². The standard InChI is InChI=1S/C20H21F2NO3S/c1-12-3-9-19(27-12)18(25)8-5-15(24)6-10-20(26)23-13(2)16-7-4-14(21)11-17(16)22/h3-4,7,9,11,13H,5-6,8,10H2,1-2H3,(H,23,26). The maximum atomic E-state index is 13.7. The van der Waals surface area contributed by atoms with E-state index in [4.69, 9.17) is 0 Å². The van der Waals surface area contributed by atoms with Crippen molar-refractivity contribution in [2.45, 2.75) is 45.6 Å². The Morgan fingerprint density at radius 3 is 2.37 bits per heavy atom. The predicted molar refractivity (Wildman–Crippen MR) is 99.8 cm³/mol. The molecular weight excluding hydrogens is 372 g/mol. The molecule has 0 spiro atoms. The third kappa shape index (κ3) is 6.36. The Balaban J connectivity index is 1.74.